The second-order valence-corrected chi connectivity index (χ2v) is 5.48. The minimum atomic E-state index is -0.156. The highest BCUT2D eigenvalue weighted by molar-refractivity contribution is 7.99. The molecule has 0 aromatic carbocycles. The first kappa shape index (κ1) is 12.2. The molecule has 2 rings (SSSR count). The van der Waals surface area contributed by atoms with E-state index in [0.717, 1.165) is 13.0 Å². The van der Waals surface area contributed by atoms with E-state index >= 15 is 0 Å². The lowest BCUT2D eigenvalue weighted by atomic mass is 10.2. The van der Waals surface area contributed by atoms with Crippen LogP contribution in [0.2, 0.25) is 0 Å². The van der Waals surface area contributed by atoms with Gasteiger partial charge in [-0.2, -0.15) is 11.8 Å². The number of hydrogen-bond donors (Lipinski definition) is 2. The van der Waals surface area contributed by atoms with Gasteiger partial charge in [-0.05, 0) is 19.1 Å². The lowest BCUT2D eigenvalue weighted by Gasteiger charge is -2.26. The summed E-state index contributed by atoms with van der Waals surface area (Å²) < 4.78 is 5.29. The molecule has 0 aromatic rings. The molecule has 1 heterocycles. The van der Waals surface area contributed by atoms with Gasteiger partial charge in [-0.3, -0.25) is 4.79 Å². The van der Waals surface area contributed by atoms with Gasteiger partial charge in [0.2, 0.25) is 5.91 Å². The van der Waals surface area contributed by atoms with Gasteiger partial charge in [0.1, 0.15) is 6.04 Å². The van der Waals surface area contributed by atoms with Crippen LogP contribution < -0.4 is 10.6 Å². The maximum absolute atomic E-state index is 12.0. The standard InChI is InChI=1S/C11H20N2O2S/c1-16-10-4-2-3-8(10)13-11(14)9-7-15-6-5-12-9/h8-10,12H,2-7H2,1H3,(H,13,14). The van der Waals surface area contributed by atoms with Crippen LogP contribution in [0.15, 0.2) is 0 Å². The zero-order valence-electron chi connectivity index (χ0n) is 9.70. The summed E-state index contributed by atoms with van der Waals surface area (Å²) in [7, 11) is 0. The fourth-order valence-electron chi connectivity index (χ4n) is 2.39. The molecule has 2 N–H and O–H groups in total. The molecule has 0 aromatic heterocycles. The molecule has 1 aliphatic carbocycles. The van der Waals surface area contributed by atoms with Crippen LogP contribution in [0.25, 0.3) is 0 Å². The van der Waals surface area contributed by atoms with Crippen molar-refractivity contribution in [3.8, 4) is 0 Å². The van der Waals surface area contributed by atoms with Crippen LogP contribution in [-0.4, -0.2) is 49.3 Å². The lowest BCUT2D eigenvalue weighted by Crippen LogP contribution is -2.54. The zero-order valence-corrected chi connectivity index (χ0v) is 10.5. The van der Waals surface area contributed by atoms with Crippen molar-refractivity contribution in [3.63, 3.8) is 0 Å². The van der Waals surface area contributed by atoms with E-state index < -0.39 is 0 Å². The van der Waals surface area contributed by atoms with E-state index in [9.17, 15) is 4.79 Å². The Hall–Kier alpha value is -0.260. The van der Waals surface area contributed by atoms with E-state index in [1.165, 1.54) is 12.8 Å². The van der Waals surface area contributed by atoms with E-state index in [1.54, 1.807) is 0 Å². The molecular weight excluding hydrogens is 224 g/mol. The third-order valence-corrected chi connectivity index (χ3v) is 4.49. The molecule has 1 amide bonds. The molecule has 0 spiro atoms. The van der Waals surface area contributed by atoms with E-state index in [0.29, 0.717) is 24.5 Å². The topological polar surface area (TPSA) is 50.4 Å². The van der Waals surface area contributed by atoms with Crippen molar-refractivity contribution < 1.29 is 9.53 Å². The van der Waals surface area contributed by atoms with Gasteiger partial charge < -0.3 is 15.4 Å². The van der Waals surface area contributed by atoms with Gasteiger partial charge in [-0.1, -0.05) is 6.42 Å². The van der Waals surface area contributed by atoms with Crippen LogP contribution in [-0.2, 0) is 9.53 Å². The predicted molar refractivity (Wildman–Crippen MR) is 65.7 cm³/mol. The molecule has 4 nitrogen and oxygen atoms in total. The molecule has 2 aliphatic rings. The van der Waals surface area contributed by atoms with Crippen LogP contribution in [0, 0.1) is 0 Å². The Labute approximate surface area is 101 Å². The Bertz CT molecular complexity index is 244. The summed E-state index contributed by atoms with van der Waals surface area (Å²) in [4.78, 5) is 12.0. The fourth-order valence-corrected chi connectivity index (χ4v) is 3.33. The van der Waals surface area contributed by atoms with Crippen molar-refractivity contribution in [1.82, 2.24) is 10.6 Å². The highest BCUT2D eigenvalue weighted by atomic mass is 32.2. The Morgan fingerprint density at radius 3 is 3.06 bits per heavy atom. The molecule has 16 heavy (non-hydrogen) atoms. The Balaban J connectivity index is 1.81. The third kappa shape index (κ3) is 2.90. The van der Waals surface area contributed by atoms with Crippen molar-refractivity contribution in [3.05, 3.63) is 0 Å². The number of ether oxygens (including phenoxy) is 1. The molecule has 92 valence electrons. The van der Waals surface area contributed by atoms with E-state index in [1.807, 2.05) is 11.8 Å². The first-order valence-electron chi connectivity index (χ1n) is 5.95. The van der Waals surface area contributed by atoms with Crippen LogP contribution in [0.1, 0.15) is 19.3 Å². The van der Waals surface area contributed by atoms with Crippen LogP contribution in [0.4, 0.5) is 0 Å². The largest absolute Gasteiger partial charge is 0.378 e. The molecule has 3 atom stereocenters. The van der Waals surface area contributed by atoms with Crippen molar-refractivity contribution >= 4 is 17.7 Å². The highest BCUT2D eigenvalue weighted by Crippen LogP contribution is 2.28. The summed E-state index contributed by atoms with van der Waals surface area (Å²) in [5.74, 6) is 0.102. The van der Waals surface area contributed by atoms with Gasteiger partial charge >= 0.3 is 0 Å². The number of carbonyl (C=O) groups is 1. The average molecular weight is 244 g/mol. The average Bonchev–Trinajstić information content (AvgIpc) is 2.77. The smallest absolute Gasteiger partial charge is 0.239 e. The minimum Gasteiger partial charge on any atom is -0.378 e. The number of nitrogens with one attached hydrogen (secondary N) is 2. The number of carbonyl (C=O) groups excluding carboxylic acids is 1. The third-order valence-electron chi connectivity index (χ3n) is 3.32. The highest BCUT2D eigenvalue weighted by Gasteiger charge is 2.30. The number of hydrogen-bond acceptors (Lipinski definition) is 4. The maximum Gasteiger partial charge on any atom is 0.239 e. The summed E-state index contributed by atoms with van der Waals surface area (Å²) in [6.45, 7) is 1.98. The van der Waals surface area contributed by atoms with Crippen molar-refractivity contribution in [2.75, 3.05) is 26.0 Å². The fraction of sp³-hybridized carbons (Fsp3) is 0.909. The summed E-state index contributed by atoms with van der Waals surface area (Å²) >= 11 is 1.86. The first-order valence-corrected chi connectivity index (χ1v) is 7.24. The number of thioether (sulfide) groups is 1. The Kier molecular flexibility index (Phi) is 4.49. The van der Waals surface area contributed by atoms with Gasteiger partial charge in [0.15, 0.2) is 0 Å². The molecular formula is C11H20N2O2S. The predicted octanol–water partition coefficient (Wildman–Crippen LogP) is 0.375. The van der Waals surface area contributed by atoms with Gasteiger partial charge in [-0.15, -0.1) is 0 Å². The SMILES string of the molecule is CSC1CCCC1NC(=O)C1COCCN1. The Morgan fingerprint density at radius 2 is 2.38 bits per heavy atom. The maximum atomic E-state index is 12.0. The first-order chi connectivity index (χ1) is 7.81. The molecule has 0 radical (unpaired) electrons. The van der Waals surface area contributed by atoms with E-state index in [-0.39, 0.29) is 11.9 Å². The monoisotopic (exact) mass is 244 g/mol. The number of rotatable bonds is 3. The van der Waals surface area contributed by atoms with Gasteiger partial charge in [-0.25, -0.2) is 0 Å². The normalized spacial score (nSPS) is 34.9. The molecule has 2 fully saturated rings. The van der Waals surface area contributed by atoms with Crippen LogP contribution >= 0.6 is 11.8 Å². The van der Waals surface area contributed by atoms with E-state index in [4.69, 9.17) is 4.74 Å². The quantitative estimate of drug-likeness (QED) is 0.753. The summed E-state index contributed by atoms with van der Waals surface area (Å²) in [5, 5.41) is 6.92. The second kappa shape index (κ2) is 5.89. The molecule has 5 heteroatoms. The van der Waals surface area contributed by atoms with Crippen molar-refractivity contribution in [1.29, 1.82) is 0 Å². The summed E-state index contributed by atoms with van der Waals surface area (Å²) in [5.41, 5.74) is 0. The second-order valence-electron chi connectivity index (χ2n) is 4.40. The van der Waals surface area contributed by atoms with Gasteiger partial charge in [0.05, 0.1) is 13.2 Å². The number of morpholine rings is 1. The molecule has 0 bridgehead atoms. The molecule has 1 saturated carbocycles. The molecule has 3 unspecified atom stereocenters. The van der Waals surface area contributed by atoms with Crippen molar-refractivity contribution in [2.45, 2.75) is 36.6 Å². The van der Waals surface area contributed by atoms with Gasteiger partial charge in [0, 0.05) is 17.8 Å². The Morgan fingerprint density at radius 1 is 1.50 bits per heavy atom. The molecule has 1 aliphatic heterocycles. The zero-order chi connectivity index (χ0) is 11.4. The summed E-state index contributed by atoms with van der Waals surface area (Å²) in [6.07, 6.45) is 5.69. The summed E-state index contributed by atoms with van der Waals surface area (Å²) in [6, 6.07) is 0.197. The van der Waals surface area contributed by atoms with Crippen LogP contribution in [0.5, 0.6) is 0 Å². The van der Waals surface area contributed by atoms with Gasteiger partial charge in [0.25, 0.3) is 0 Å². The van der Waals surface area contributed by atoms with Crippen LogP contribution in [0.3, 0.4) is 0 Å². The molecule has 1 saturated heterocycles. The minimum absolute atomic E-state index is 0.102. The van der Waals surface area contributed by atoms with E-state index in [2.05, 4.69) is 16.9 Å². The van der Waals surface area contributed by atoms with Crippen molar-refractivity contribution in [2.24, 2.45) is 0 Å². The number of amides is 1. The lowest BCUT2D eigenvalue weighted by molar-refractivity contribution is -0.126.